The van der Waals surface area contributed by atoms with E-state index >= 15 is 0 Å². The number of barbiturate groups is 1. The number of imide groups is 4. The van der Waals surface area contributed by atoms with Gasteiger partial charge in [0.05, 0.1) is 6.54 Å². The van der Waals surface area contributed by atoms with Gasteiger partial charge in [-0.25, -0.2) is 19.3 Å². The highest BCUT2D eigenvalue weighted by Gasteiger charge is 2.71. The molecule has 47 heavy (non-hydrogen) atoms. The van der Waals surface area contributed by atoms with Gasteiger partial charge in [-0.1, -0.05) is 125 Å². The fourth-order valence-corrected chi connectivity index (χ4v) is 5.99. The van der Waals surface area contributed by atoms with E-state index in [1.54, 1.807) is 91.0 Å². The van der Waals surface area contributed by atoms with E-state index in [1.807, 2.05) is 31.2 Å². The first-order valence-electron chi connectivity index (χ1n) is 15.5. The third-order valence-corrected chi connectivity index (χ3v) is 8.65. The molecule has 1 N–H and O–H groups in total. The van der Waals surface area contributed by atoms with Crippen molar-refractivity contribution in [3.8, 4) is 0 Å². The van der Waals surface area contributed by atoms with E-state index in [4.69, 9.17) is 0 Å². The Morgan fingerprint density at radius 3 is 1.66 bits per heavy atom. The predicted octanol–water partition coefficient (Wildman–Crippen LogP) is 6.26. The number of carbonyl (C=O) groups excluding carboxylic acids is 6. The van der Waals surface area contributed by atoms with Crippen molar-refractivity contribution in [1.82, 2.24) is 10.2 Å². The quantitative estimate of drug-likeness (QED) is 0.119. The van der Waals surface area contributed by atoms with Crippen LogP contribution in [0, 0.1) is 12.3 Å². The highest BCUT2D eigenvalue weighted by molar-refractivity contribution is 6.21. The minimum Gasteiger partial charge on any atom is -0.301 e. The van der Waals surface area contributed by atoms with Gasteiger partial charge in [-0.3, -0.25) is 14.4 Å². The molecule has 0 spiro atoms. The number of Topliss-reactive ketones (excluding diaryl/α,β-unsaturated/α-hetero) is 2. The Bertz CT molecular complexity index is 1750. The summed E-state index contributed by atoms with van der Waals surface area (Å²) in [4.78, 5) is 86.9. The van der Waals surface area contributed by atoms with Crippen LogP contribution in [0.4, 0.5) is 9.59 Å². The molecule has 1 aliphatic rings. The molecule has 0 aromatic heterocycles. The summed E-state index contributed by atoms with van der Waals surface area (Å²) in [5.74, 6) is -3.24. The number of nitrogens with one attached hydrogen (secondary N) is 1. The van der Waals surface area contributed by atoms with Crippen LogP contribution in [0.25, 0.3) is 0 Å². The minimum absolute atomic E-state index is 0.00516. The zero-order chi connectivity index (χ0) is 33.6. The zero-order valence-electron chi connectivity index (χ0n) is 26.3. The highest BCUT2D eigenvalue weighted by Crippen LogP contribution is 2.43. The molecule has 1 aliphatic heterocycles. The summed E-state index contributed by atoms with van der Waals surface area (Å²) >= 11 is 0. The molecule has 1 unspecified atom stereocenters. The van der Waals surface area contributed by atoms with Gasteiger partial charge >= 0.3 is 18.0 Å². The largest absolute Gasteiger partial charge is 0.442 e. The number of benzene rings is 4. The van der Waals surface area contributed by atoms with Crippen LogP contribution in [0.2, 0.25) is 0 Å². The predicted molar refractivity (Wildman–Crippen MR) is 175 cm³/mol. The number of nitrogens with zero attached hydrogens (tertiary/aromatic N) is 2. The number of rotatable bonds is 11. The summed E-state index contributed by atoms with van der Waals surface area (Å²) in [5.41, 5.74) is 0.408. The monoisotopic (exact) mass is 630 g/mol. The van der Waals surface area contributed by atoms with E-state index in [-0.39, 0.29) is 30.8 Å². The topological polar surface area (TPSA) is 118 Å². The molecule has 5 rings (SSSR count). The first-order valence-corrected chi connectivity index (χ1v) is 15.5. The lowest BCUT2D eigenvalue weighted by atomic mass is 9.72. The molecule has 4 aromatic rings. The molecular weight excluding hydrogens is 594 g/mol. The number of carbonyl (C=O) groups is 6. The number of aryl methyl sites for hydroxylation is 1. The molecular formula is C38H36N3O6+. The van der Waals surface area contributed by atoms with Gasteiger partial charge in [0.1, 0.15) is 6.54 Å². The van der Waals surface area contributed by atoms with Crippen LogP contribution in [-0.4, -0.2) is 51.4 Å². The van der Waals surface area contributed by atoms with Crippen molar-refractivity contribution in [2.75, 3.05) is 6.54 Å². The van der Waals surface area contributed by atoms with Gasteiger partial charge in [-0.2, -0.15) is 0 Å². The highest BCUT2D eigenvalue weighted by atomic mass is 16.2. The Hall–Kier alpha value is -5.54. The molecule has 0 aliphatic carbocycles. The number of amides is 6. The first-order chi connectivity index (χ1) is 22.6. The summed E-state index contributed by atoms with van der Waals surface area (Å²) in [5, 5.41) is 2.73. The van der Waals surface area contributed by atoms with Crippen LogP contribution in [0.15, 0.2) is 115 Å². The van der Waals surface area contributed by atoms with Crippen LogP contribution in [0.3, 0.4) is 0 Å². The molecule has 1 atom stereocenters. The number of quaternary nitrogens is 1. The number of urea groups is 2. The molecule has 0 radical (unpaired) electrons. The van der Waals surface area contributed by atoms with Crippen molar-refractivity contribution < 1.29 is 33.3 Å². The number of hydrogen-bond acceptors (Lipinski definition) is 6. The lowest BCUT2D eigenvalue weighted by Gasteiger charge is -2.45. The van der Waals surface area contributed by atoms with E-state index in [0.717, 1.165) is 16.0 Å². The van der Waals surface area contributed by atoms with Crippen LogP contribution < -0.4 is 5.32 Å². The number of hydrogen-bond donors (Lipinski definition) is 1. The van der Waals surface area contributed by atoms with Crippen LogP contribution in [0.1, 0.15) is 57.2 Å². The van der Waals surface area contributed by atoms with Crippen molar-refractivity contribution in [3.63, 3.8) is 0 Å². The first kappa shape index (κ1) is 32.8. The molecule has 0 saturated carbocycles. The molecule has 1 heterocycles. The van der Waals surface area contributed by atoms with Crippen LogP contribution >= 0.6 is 0 Å². The van der Waals surface area contributed by atoms with E-state index in [0.29, 0.717) is 5.56 Å². The smallest absolute Gasteiger partial charge is 0.301 e. The van der Waals surface area contributed by atoms with Gasteiger partial charge in [0.15, 0.2) is 17.0 Å². The van der Waals surface area contributed by atoms with Gasteiger partial charge in [-0.05, 0) is 25.0 Å². The van der Waals surface area contributed by atoms with E-state index in [1.165, 1.54) is 6.92 Å². The molecule has 9 heteroatoms. The molecule has 4 aromatic carbocycles. The fraction of sp³-hybridized carbons (Fsp3) is 0.211. The Balaban J connectivity index is 1.65. The van der Waals surface area contributed by atoms with Crippen molar-refractivity contribution in [1.29, 1.82) is 0 Å². The van der Waals surface area contributed by atoms with E-state index in [9.17, 15) is 28.8 Å². The molecule has 9 nitrogen and oxygen atoms in total. The second-order valence-corrected chi connectivity index (χ2v) is 11.7. The van der Waals surface area contributed by atoms with Gasteiger partial charge in [0.25, 0.3) is 5.91 Å². The standard InChI is InChI=1S/C38H35N3O6/c1-3-41(36(46)39-25-28-21-19-27(2)20-22-28)35(45)38(23-32(42)30-15-9-5-10-16-30,24-33(43)31-17-11-6-12-18-31)34(44)40(37(41)47)26-29-13-7-4-8-14-29/h4-22H,3,23-26H2,1-2H3/p+1. The second-order valence-electron chi connectivity index (χ2n) is 11.7. The van der Waals surface area contributed by atoms with Gasteiger partial charge in [0.2, 0.25) is 0 Å². The van der Waals surface area contributed by atoms with Crippen molar-refractivity contribution in [2.24, 2.45) is 5.41 Å². The fourth-order valence-electron chi connectivity index (χ4n) is 5.99. The molecule has 0 bridgehead atoms. The average Bonchev–Trinajstić information content (AvgIpc) is 3.10. The van der Waals surface area contributed by atoms with Gasteiger partial charge in [0, 0.05) is 30.5 Å². The normalized spacial score (nSPS) is 17.3. The molecule has 1 fully saturated rings. The van der Waals surface area contributed by atoms with E-state index < -0.39 is 58.2 Å². The molecule has 1 saturated heterocycles. The summed E-state index contributed by atoms with van der Waals surface area (Å²) in [6.45, 7) is 2.82. The van der Waals surface area contributed by atoms with E-state index in [2.05, 4.69) is 5.32 Å². The molecule has 238 valence electrons. The van der Waals surface area contributed by atoms with Gasteiger partial charge in [-0.15, -0.1) is 0 Å². The second kappa shape index (κ2) is 13.8. The molecule has 6 amide bonds. The SMILES string of the molecule is CC[N+]1(C(=O)NCc2ccc(C)cc2)C(=O)N(Cc2ccccc2)C(=O)C(CC(=O)c2ccccc2)(CC(=O)c2ccccc2)C1=O. The van der Waals surface area contributed by atoms with Gasteiger partial charge < -0.3 is 5.32 Å². The lowest BCUT2D eigenvalue weighted by Crippen LogP contribution is -2.77. The van der Waals surface area contributed by atoms with Crippen molar-refractivity contribution >= 4 is 35.4 Å². The maximum atomic E-state index is 15.0. The van der Waals surface area contributed by atoms with Crippen molar-refractivity contribution in [2.45, 2.75) is 39.8 Å². The Morgan fingerprint density at radius 1 is 0.681 bits per heavy atom. The third kappa shape index (κ3) is 6.43. The summed E-state index contributed by atoms with van der Waals surface area (Å²) in [7, 11) is 0. The minimum atomic E-state index is -2.36. The Kier molecular flexibility index (Phi) is 9.67. The summed E-state index contributed by atoms with van der Waals surface area (Å²) < 4.78 is -1.42. The Labute approximate surface area is 273 Å². The summed E-state index contributed by atoms with van der Waals surface area (Å²) in [6, 6.07) is 30.3. The Morgan fingerprint density at radius 2 is 1.17 bits per heavy atom. The van der Waals surface area contributed by atoms with Crippen LogP contribution in [0.5, 0.6) is 0 Å². The number of ketones is 2. The van der Waals surface area contributed by atoms with Crippen molar-refractivity contribution in [3.05, 3.63) is 143 Å². The summed E-state index contributed by atoms with van der Waals surface area (Å²) in [6.07, 6.45) is -1.42. The van der Waals surface area contributed by atoms with Crippen LogP contribution in [-0.2, 0) is 22.7 Å². The average molecular weight is 631 g/mol. The maximum absolute atomic E-state index is 15.0. The maximum Gasteiger partial charge on any atom is 0.442 e. The third-order valence-electron chi connectivity index (χ3n) is 8.65. The zero-order valence-corrected chi connectivity index (χ0v) is 26.3. The lowest BCUT2D eigenvalue weighted by molar-refractivity contribution is -0.698.